The van der Waals surface area contributed by atoms with Crippen molar-refractivity contribution in [2.45, 2.75) is 12.0 Å². The fraction of sp³-hybridized carbons (Fsp3) is 0.300. The summed E-state index contributed by atoms with van der Waals surface area (Å²) in [6.45, 7) is 0. The number of hydrogen-bond acceptors (Lipinski definition) is 3. The highest BCUT2D eigenvalue weighted by molar-refractivity contribution is 5.77. The lowest BCUT2D eigenvalue weighted by Crippen LogP contribution is -2.45. The van der Waals surface area contributed by atoms with Crippen LogP contribution in [-0.4, -0.2) is 19.1 Å². The first-order valence-corrected chi connectivity index (χ1v) is 4.37. The van der Waals surface area contributed by atoms with E-state index >= 15 is 0 Å². The van der Waals surface area contributed by atoms with Crippen molar-refractivity contribution >= 4 is 5.97 Å². The van der Waals surface area contributed by atoms with E-state index in [1.807, 2.05) is 0 Å². The molecular formula is C10H10F3NO2. The predicted octanol–water partition coefficient (Wildman–Crippen LogP) is 1.42. The number of hydrogen-bond donors (Lipinski definition) is 1. The highest BCUT2D eigenvalue weighted by Crippen LogP contribution is 2.31. The highest BCUT2D eigenvalue weighted by Gasteiger charge is 2.44. The number of nitrogens with two attached hydrogens (primary N) is 1. The van der Waals surface area contributed by atoms with Gasteiger partial charge in [0.15, 0.2) is 6.04 Å². The molecule has 0 bridgehead atoms. The molecule has 0 saturated heterocycles. The van der Waals surface area contributed by atoms with E-state index in [0.717, 1.165) is 25.3 Å². The lowest BCUT2D eigenvalue weighted by atomic mass is 10.0. The summed E-state index contributed by atoms with van der Waals surface area (Å²) in [5.41, 5.74) is 4.38. The quantitative estimate of drug-likeness (QED) is 0.803. The fourth-order valence-electron chi connectivity index (χ4n) is 1.15. The first kappa shape index (κ1) is 12.5. The number of methoxy groups -OCH3 is 1. The van der Waals surface area contributed by atoms with Gasteiger partial charge in [0.05, 0.1) is 7.11 Å². The Kier molecular flexibility index (Phi) is 3.54. The number of esters is 1. The highest BCUT2D eigenvalue weighted by atomic mass is 19.3. The third-order valence-corrected chi connectivity index (χ3v) is 2.06. The minimum atomic E-state index is -3.67. The number of rotatable bonds is 3. The third-order valence-electron chi connectivity index (χ3n) is 2.06. The Labute approximate surface area is 90.0 Å². The summed E-state index contributed by atoms with van der Waals surface area (Å²) >= 11 is 0. The summed E-state index contributed by atoms with van der Waals surface area (Å²) in [6.07, 6.45) is 0. The van der Waals surface area contributed by atoms with Crippen molar-refractivity contribution in [3.05, 3.63) is 35.6 Å². The van der Waals surface area contributed by atoms with E-state index < -0.39 is 29.3 Å². The van der Waals surface area contributed by atoms with Crippen molar-refractivity contribution in [3.63, 3.8) is 0 Å². The van der Waals surface area contributed by atoms with E-state index in [4.69, 9.17) is 5.73 Å². The van der Waals surface area contributed by atoms with Crippen molar-refractivity contribution in [2.24, 2.45) is 5.73 Å². The van der Waals surface area contributed by atoms with Crippen LogP contribution in [0.25, 0.3) is 0 Å². The maximum Gasteiger partial charge on any atom is 0.329 e. The van der Waals surface area contributed by atoms with Crippen LogP contribution in [0.3, 0.4) is 0 Å². The van der Waals surface area contributed by atoms with Crippen LogP contribution >= 0.6 is 0 Å². The standard InChI is InChI=1S/C10H10F3NO2/c1-16-9(15)8(14)10(12,13)6-3-2-4-7(11)5-6/h2-5,8H,14H2,1H3. The van der Waals surface area contributed by atoms with Gasteiger partial charge >= 0.3 is 5.97 Å². The zero-order valence-corrected chi connectivity index (χ0v) is 8.41. The van der Waals surface area contributed by atoms with Crippen LogP contribution in [0, 0.1) is 5.82 Å². The summed E-state index contributed by atoms with van der Waals surface area (Å²) in [7, 11) is 0.948. The lowest BCUT2D eigenvalue weighted by Gasteiger charge is -2.21. The van der Waals surface area contributed by atoms with Crippen LogP contribution in [0.2, 0.25) is 0 Å². The van der Waals surface area contributed by atoms with E-state index in [1.165, 1.54) is 0 Å². The maximum absolute atomic E-state index is 13.6. The van der Waals surface area contributed by atoms with Crippen LogP contribution < -0.4 is 5.73 Å². The number of carbonyl (C=O) groups is 1. The molecule has 0 spiro atoms. The van der Waals surface area contributed by atoms with Crippen LogP contribution in [0.4, 0.5) is 13.2 Å². The Morgan fingerprint density at radius 3 is 2.62 bits per heavy atom. The Morgan fingerprint density at radius 1 is 1.50 bits per heavy atom. The molecule has 6 heteroatoms. The largest absolute Gasteiger partial charge is 0.468 e. The minimum Gasteiger partial charge on any atom is -0.468 e. The smallest absolute Gasteiger partial charge is 0.329 e. The summed E-state index contributed by atoms with van der Waals surface area (Å²) in [5.74, 6) is -5.75. The Balaban J connectivity index is 3.05. The van der Waals surface area contributed by atoms with Crippen LogP contribution in [0.5, 0.6) is 0 Å². The molecule has 0 aliphatic rings. The van der Waals surface area contributed by atoms with Gasteiger partial charge in [0.2, 0.25) is 0 Å². The van der Waals surface area contributed by atoms with Crippen molar-refractivity contribution in [2.75, 3.05) is 7.11 Å². The van der Waals surface area contributed by atoms with E-state index in [9.17, 15) is 18.0 Å². The average molecular weight is 233 g/mol. The van der Waals surface area contributed by atoms with Crippen LogP contribution in [0.15, 0.2) is 24.3 Å². The molecule has 16 heavy (non-hydrogen) atoms. The second-order valence-electron chi connectivity index (χ2n) is 3.13. The summed E-state index contributed by atoms with van der Waals surface area (Å²) in [4.78, 5) is 10.9. The van der Waals surface area contributed by atoms with E-state index in [-0.39, 0.29) is 0 Å². The molecule has 0 heterocycles. The third kappa shape index (κ3) is 2.33. The Bertz CT molecular complexity index is 395. The molecule has 1 rings (SSSR count). The van der Waals surface area contributed by atoms with Gasteiger partial charge in [-0.3, -0.25) is 4.79 Å². The number of carbonyl (C=O) groups excluding carboxylic acids is 1. The topological polar surface area (TPSA) is 52.3 Å². The molecular weight excluding hydrogens is 223 g/mol. The monoisotopic (exact) mass is 233 g/mol. The first-order chi connectivity index (χ1) is 7.39. The van der Waals surface area contributed by atoms with Gasteiger partial charge in [0, 0.05) is 5.56 Å². The summed E-state index contributed by atoms with van der Waals surface area (Å²) in [5, 5.41) is 0. The number of benzene rings is 1. The van der Waals surface area contributed by atoms with Gasteiger partial charge in [-0.1, -0.05) is 12.1 Å². The van der Waals surface area contributed by atoms with Crippen molar-refractivity contribution in [3.8, 4) is 0 Å². The molecule has 1 aromatic carbocycles. The number of alkyl halides is 2. The number of ether oxygens (including phenoxy) is 1. The minimum absolute atomic E-state index is 0.628. The molecule has 0 amide bonds. The zero-order valence-electron chi connectivity index (χ0n) is 8.41. The number of halogens is 3. The van der Waals surface area contributed by atoms with Gasteiger partial charge in [-0.05, 0) is 12.1 Å². The second kappa shape index (κ2) is 4.52. The second-order valence-corrected chi connectivity index (χ2v) is 3.13. The van der Waals surface area contributed by atoms with E-state index in [0.29, 0.717) is 6.07 Å². The van der Waals surface area contributed by atoms with Crippen molar-refractivity contribution < 1.29 is 22.7 Å². The van der Waals surface area contributed by atoms with Crippen molar-refractivity contribution in [1.29, 1.82) is 0 Å². The molecule has 1 atom stereocenters. The molecule has 88 valence electrons. The van der Waals surface area contributed by atoms with Crippen LogP contribution in [-0.2, 0) is 15.5 Å². The molecule has 0 saturated carbocycles. The summed E-state index contributed by atoms with van der Waals surface area (Å²) in [6, 6.07) is 1.60. The lowest BCUT2D eigenvalue weighted by molar-refractivity contribution is -0.153. The Hall–Kier alpha value is -1.56. The van der Waals surface area contributed by atoms with Crippen LogP contribution in [0.1, 0.15) is 5.56 Å². The molecule has 3 nitrogen and oxygen atoms in total. The predicted molar refractivity (Wildman–Crippen MR) is 50.3 cm³/mol. The fourth-order valence-corrected chi connectivity index (χ4v) is 1.15. The summed E-state index contributed by atoms with van der Waals surface area (Å²) < 4.78 is 44.0. The van der Waals surface area contributed by atoms with Crippen molar-refractivity contribution in [1.82, 2.24) is 0 Å². The normalized spacial score (nSPS) is 13.3. The zero-order chi connectivity index (χ0) is 12.3. The van der Waals surface area contributed by atoms with E-state index in [1.54, 1.807) is 0 Å². The molecule has 1 unspecified atom stereocenters. The molecule has 0 radical (unpaired) electrons. The van der Waals surface area contributed by atoms with Gasteiger partial charge in [-0.25, -0.2) is 4.39 Å². The molecule has 0 aliphatic heterocycles. The Morgan fingerprint density at radius 2 is 2.12 bits per heavy atom. The first-order valence-electron chi connectivity index (χ1n) is 4.37. The SMILES string of the molecule is COC(=O)C(N)C(F)(F)c1cccc(F)c1. The van der Waals surface area contributed by atoms with E-state index in [2.05, 4.69) is 4.74 Å². The molecule has 0 aromatic heterocycles. The van der Waals surface area contributed by atoms with Gasteiger partial charge in [0.25, 0.3) is 5.92 Å². The van der Waals surface area contributed by atoms with Gasteiger partial charge < -0.3 is 10.5 Å². The molecule has 1 aromatic rings. The average Bonchev–Trinajstić information content (AvgIpc) is 2.27. The molecule has 0 aliphatic carbocycles. The molecule has 2 N–H and O–H groups in total. The maximum atomic E-state index is 13.6. The van der Waals surface area contributed by atoms with Gasteiger partial charge in [-0.15, -0.1) is 0 Å². The van der Waals surface area contributed by atoms with Gasteiger partial charge in [-0.2, -0.15) is 8.78 Å². The molecule has 0 fully saturated rings. The van der Waals surface area contributed by atoms with Gasteiger partial charge in [0.1, 0.15) is 5.82 Å².